The fraction of sp³-hybridized carbons (Fsp3) is 0.364. The first kappa shape index (κ1) is 12.6. The predicted molar refractivity (Wildman–Crippen MR) is 71.9 cm³/mol. The van der Waals surface area contributed by atoms with Gasteiger partial charge in [0, 0.05) is 6.54 Å². The lowest BCUT2D eigenvalue weighted by atomic mass is 10.00. The van der Waals surface area contributed by atoms with E-state index in [1.54, 1.807) is 11.0 Å². The van der Waals surface area contributed by atoms with Crippen molar-refractivity contribution in [1.82, 2.24) is 15.5 Å². The van der Waals surface area contributed by atoms with E-state index in [4.69, 9.17) is 0 Å². The minimum absolute atomic E-state index is 0.110. The maximum Gasteiger partial charge on any atom is 0.322 e. The molecule has 0 saturated carbocycles. The Hall–Kier alpha value is -1.41. The van der Waals surface area contributed by atoms with Crippen molar-refractivity contribution >= 4 is 45.1 Å². The number of hydrogen-bond donors (Lipinski definition) is 2. The molecule has 0 aromatic carbocycles. The second-order valence-electron chi connectivity index (χ2n) is 4.57. The summed E-state index contributed by atoms with van der Waals surface area (Å²) in [5.41, 5.74) is -0.943. The Morgan fingerprint density at radius 1 is 1.42 bits per heavy atom. The summed E-state index contributed by atoms with van der Waals surface area (Å²) in [6, 6.07) is 3.07. The molecular formula is C11H10BrN3O3S. The molecular weight excluding hydrogens is 334 g/mol. The molecule has 2 fully saturated rings. The zero-order valence-corrected chi connectivity index (χ0v) is 12.1. The van der Waals surface area contributed by atoms with Crippen LogP contribution in [0.4, 0.5) is 4.79 Å². The Kier molecular flexibility index (Phi) is 2.86. The van der Waals surface area contributed by atoms with Gasteiger partial charge in [0.1, 0.15) is 5.54 Å². The van der Waals surface area contributed by atoms with Crippen LogP contribution in [0.2, 0.25) is 0 Å². The quantitative estimate of drug-likeness (QED) is 0.744. The Bertz CT molecular complexity index is 587. The highest BCUT2D eigenvalue weighted by atomic mass is 79.9. The van der Waals surface area contributed by atoms with Gasteiger partial charge in [-0.2, -0.15) is 0 Å². The Morgan fingerprint density at radius 2 is 2.21 bits per heavy atom. The molecule has 19 heavy (non-hydrogen) atoms. The molecule has 1 unspecified atom stereocenters. The number of halogens is 1. The van der Waals surface area contributed by atoms with Crippen LogP contribution < -0.4 is 10.6 Å². The van der Waals surface area contributed by atoms with Crippen LogP contribution in [0.3, 0.4) is 0 Å². The van der Waals surface area contributed by atoms with Crippen LogP contribution in [0, 0.1) is 0 Å². The zero-order chi connectivity index (χ0) is 13.6. The van der Waals surface area contributed by atoms with Gasteiger partial charge in [0.05, 0.1) is 15.2 Å². The van der Waals surface area contributed by atoms with E-state index in [9.17, 15) is 14.4 Å². The summed E-state index contributed by atoms with van der Waals surface area (Å²) < 4.78 is 0.886. The van der Waals surface area contributed by atoms with Gasteiger partial charge in [-0.1, -0.05) is 0 Å². The summed E-state index contributed by atoms with van der Waals surface area (Å²) in [5.74, 6) is -0.457. The van der Waals surface area contributed by atoms with Crippen LogP contribution in [0.5, 0.6) is 0 Å². The van der Waals surface area contributed by atoms with E-state index in [-0.39, 0.29) is 18.4 Å². The molecule has 1 atom stereocenters. The molecule has 1 aromatic rings. The average Bonchev–Trinajstić information content (AvgIpc) is 3.01. The summed E-state index contributed by atoms with van der Waals surface area (Å²) in [6.45, 7) is 0.682. The van der Waals surface area contributed by atoms with Crippen molar-refractivity contribution in [2.45, 2.75) is 12.0 Å². The largest absolute Gasteiger partial charge is 0.335 e. The fourth-order valence-electron chi connectivity index (χ4n) is 2.38. The zero-order valence-electron chi connectivity index (χ0n) is 9.73. The molecule has 2 N–H and O–H groups in total. The average molecular weight is 344 g/mol. The molecule has 3 heterocycles. The Morgan fingerprint density at radius 3 is 2.79 bits per heavy atom. The molecule has 6 nitrogen and oxygen atoms in total. The van der Waals surface area contributed by atoms with Gasteiger partial charge < -0.3 is 10.2 Å². The first-order valence-electron chi connectivity index (χ1n) is 5.68. The second-order valence-corrected chi connectivity index (χ2v) is 7.03. The number of hydrogen-bond acceptors (Lipinski definition) is 4. The Labute approximate surface area is 121 Å². The lowest BCUT2D eigenvalue weighted by Crippen LogP contribution is -2.49. The number of imide groups is 1. The maximum atomic E-state index is 12.3. The van der Waals surface area contributed by atoms with Crippen LogP contribution in [-0.2, 0) is 4.79 Å². The molecule has 0 aliphatic carbocycles. The molecule has 1 spiro atoms. The molecule has 2 aliphatic rings. The standard InChI is InChI=1S/C11H10BrN3O3S/c12-7-2-1-6(19-7)8(16)15-4-3-11(5-15)9(17)13-10(18)14-11/h1-2H,3-5H2,(H2,13,14,17,18). The number of nitrogens with zero attached hydrogens (tertiary/aromatic N) is 1. The maximum absolute atomic E-state index is 12.3. The predicted octanol–water partition coefficient (Wildman–Crippen LogP) is 0.935. The van der Waals surface area contributed by atoms with Crippen LogP contribution in [0.1, 0.15) is 16.1 Å². The van der Waals surface area contributed by atoms with Gasteiger partial charge in [-0.3, -0.25) is 14.9 Å². The van der Waals surface area contributed by atoms with Crippen LogP contribution in [-0.4, -0.2) is 41.4 Å². The van der Waals surface area contributed by atoms with Crippen molar-refractivity contribution in [3.63, 3.8) is 0 Å². The van der Waals surface area contributed by atoms with Gasteiger partial charge in [-0.15, -0.1) is 11.3 Å². The highest BCUT2D eigenvalue weighted by Gasteiger charge is 2.51. The third-order valence-corrected chi connectivity index (χ3v) is 4.97. The number of carbonyl (C=O) groups is 3. The van der Waals surface area contributed by atoms with Gasteiger partial charge in [-0.05, 0) is 34.5 Å². The highest BCUT2D eigenvalue weighted by Crippen LogP contribution is 2.28. The monoisotopic (exact) mass is 343 g/mol. The minimum Gasteiger partial charge on any atom is -0.335 e. The number of carbonyl (C=O) groups excluding carboxylic acids is 3. The molecule has 0 radical (unpaired) electrons. The molecule has 4 amide bonds. The summed E-state index contributed by atoms with van der Waals surface area (Å²) >= 11 is 4.67. The highest BCUT2D eigenvalue weighted by molar-refractivity contribution is 9.11. The SMILES string of the molecule is O=C1NC(=O)C2(CCN(C(=O)c3ccc(Br)s3)C2)N1. The van der Waals surface area contributed by atoms with E-state index < -0.39 is 11.6 Å². The van der Waals surface area contributed by atoms with Crippen molar-refractivity contribution in [2.24, 2.45) is 0 Å². The molecule has 1 aromatic heterocycles. The van der Waals surface area contributed by atoms with E-state index in [1.165, 1.54) is 11.3 Å². The van der Waals surface area contributed by atoms with Crippen LogP contribution in [0.15, 0.2) is 15.9 Å². The first-order chi connectivity index (χ1) is 9.00. The molecule has 8 heteroatoms. The third-order valence-electron chi connectivity index (χ3n) is 3.35. The van der Waals surface area contributed by atoms with E-state index >= 15 is 0 Å². The molecule has 2 aliphatic heterocycles. The van der Waals surface area contributed by atoms with E-state index in [1.807, 2.05) is 6.07 Å². The third kappa shape index (κ3) is 2.04. The van der Waals surface area contributed by atoms with E-state index in [0.29, 0.717) is 17.8 Å². The topological polar surface area (TPSA) is 78.5 Å². The molecule has 3 rings (SSSR count). The number of rotatable bonds is 1. The van der Waals surface area contributed by atoms with Crippen molar-refractivity contribution in [2.75, 3.05) is 13.1 Å². The summed E-state index contributed by atoms with van der Waals surface area (Å²) in [4.78, 5) is 37.5. The number of nitrogens with one attached hydrogen (secondary N) is 2. The molecule has 100 valence electrons. The van der Waals surface area contributed by atoms with E-state index in [2.05, 4.69) is 26.6 Å². The van der Waals surface area contributed by atoms with Crippen LogP contribution >= 0.6 is 27.3 Å². The number of thiophene rings is 1. The van der Waals surface area contributed by atoms with Gasteiger partial charge in [0.2, 0.25) is 0 Å². The van der Waals surface area contributed by atoms with Crippen molar-refractivity contribution in [1.29, 1.82) is 0 Å². The smallest absolute Gasteiger partial charge is 0.322 e. The lowest BCUT2D eigenvalue weighted by molar-refractivity contribution is -0.123. The fourth-order valence-corrected chi connectivity index (χ4v) is 3.74. The molecule has 2 saturated heterocycles. The summed E-state index contributed by atoms with van der Waals surface area (Å²) in [7, 11) is 0. The number of urea groups is 1. The first-order valence-corrected chi connectivity index (χ1v) is 7.29. The number of likely N-dealkylation sites (tertiary alicyclic amines) is 1. The van der Waals surface area contributed by atoms with E-state index in [0.717, 1.165) is 3.79 Å². The lowest BCUT2D eigenvalue weighted by Gasteiger charge is -2.20. The Balaban J connectivity index is 1.78. The number of amides is 4. The van der Waals surface area contributed by atoms with Gasteiger partial charge in [0.25, 0.3) is 11.8 Å². The molecule has 0 bridgehead atoms. The van der Waals surface area contributed by atoms with Crippen LogP contribution in [0.25, 0.3) is 0 Å². The van der Waals surface area contributed by atoms with Crippen molar-refractivity contribution < 1.29 is 14.4 Å². The second kappa shape index (κ2) is 4.31. The van der Waals surface area contributed by atoms with Gasteiger partial charge >= 0.3 is 6.03 Å². The van der Waals surface area contributed by atoms with Gasteiger partial charge in [0.15, 0.2) is 0 Å². The van der Waals surface area contributed by atoms with Crippen molar-refractivity contribution in [3.8, 4) is 0 Å². The van der Waals surface area contributed by atoms with Gasteiger partial charge in [-0.25, -0.2) is 4.79 Å². The summed E-state index contributed by atoms with van der Waals surface area (Å²) in [6.07, 6.45) is 0.447. The van der Waals surface area contributed by atoms with Crippen molar-refractivity contribution in [3.05, 3.63) is 20.8 Å². The minimum atomic E-state index is -0.943. The normalized spacial score (nSPS) is 25.8. The summed E-state index contributed by atoms with van der Waals surface area (Å²) in [5, 5.41) is 4.84.